The second-order valence-electron chi connectivity index (χ2n) is 7.11. The molecule has 0 fully saturated rings. The number of aryl methyl sites for hydroxylation is 1. The summed E-state index contributed by atoms with van der Waals surface area (Å²) in [6, 6.07) is 7.44. The van der Waals surface area contributed by atoms with Gasteiger partial charge in [0.25, 0.3) is 5.60 Å². The van der Waals surface area contributed by atoms with Gasteiger partial charge in [-0.2, -0.15) is 13.2 Å². The number of nitrogens with one attached hydrogen (secondary N) is 1. The number of aromatic nitrogens is 1. The van der Waals surface area contributed by atoms with Crippen LogP contribution in [0.15, 0.2) is 41.6 Å². The highest BCUT2D eigenvalue weighted by molar-refractivity contribution is 6.00. The molecular weight excluding hydrogens is 402 g/mol. The van der Waals surface area contributed by atoms with E-state index in [1.165, 1.54) is 12.1 Å². The second kappa shape index (κ2) is 8.41. The lowest BCUT2D eigenvalue weighted by Crippen LogP contribution is -2.42. The Morgan fingerprint density at radius 1 is 1.27 bits per heavy atom. The molecule has 1 unspecified atom stereocenters. The molecule has 5 nitrogen and oxygen atoms in total. The number of pyridine rings is 1. The molecule has 0 aliphatic carbocycles. The lowest BCUT2D eigenvalue weighted by Gasteiger charge is -2.29. The van der Waals surface area contributed by atoms with Crippen LogP contribution in [0.3, 0.4) is 0 Å². The van der Waals surface area contributed by atoms with Crippen molar-refractivity contribution >= 4 is 11.6 Å². The summed E-state index contributed by atoms with van der Waals surface area (Å²) in [5.41, 5.74) is -1.58. The maximum absolute atomic E-state index is 13.9. The number of hydrogen-bond acceptors (Lipinski definition) is 4. The van der Waals surface area contributed by atoms with Crippen molar-refractivity contribution in [3.8, 4) is 0 Å². The predicted octanol–water partition coefficient (Wildman–Crippen LogP) is 4.53. The number of amides is 1. The first-order valence-electron chi connectivity index (χ1n) is 9.47. The molecule has 3 rings (SSSR count). The molecule has 0 saturated carbocycles. The Morgan fingerprint density at radius 3 is 2.67 bits per heavy atom. The highest BCUT2D eigenvalue weighted by Crippen LogP contribution is 2.48. The summed E-state index contributed by atoms with van der Waals surface area (Å²) in [6.45, 7) is 3.87. The van der Waals surface area contributed by atoms with Gasteiger partial charge < -0.3 is 10.2 Å². The summed E-state index contributed by atoms with van der Waals surface area (Å²) >= 11 is 0. The van der Waals surface area contributed by atoms with E-state index in [0.717, 1.165) is 30.2 Å². The van der Waals surface area contributed by atoms with Crippen molar-refractivity contribution < 1.29 is 27.2 Å². The fraction of sp³-hybridized carbons (Fsp3) is 0.381. The van der Waals surface area contributed by atoms with Gasteiger partial charge in [-0.3, -0.25) is 9.78 Å². The van der Waals surface area contributed by atoms with E-state index < -0.39 is 24.0 Å². The van der Waals surface area contributed by atoms with Crippen LogP contribution in [-0.4, -0.2) is 22.8 Å². The van der Waals surface area contributed by atoms with E-state index in [9.17, 15) is 22.4 Å². The first-order valence-corrected chi connectivity index (χ1v) is 9.47. The zero-order chi connectivity index (χ0) is 21.9. The number of halogens is 4. The molecule has 30 heavy (non-hydrogen) atoms. The summed E-state index contributed by atoms with van der Waals surface area (Å²) in [6.07, 6.45) is -4.30. The Morgan fingerprint density at radius 2 is 2.03 bits per heavy atom. The minimum absolute atomic E-state index is 0.0151. The van der Waals surface area contributed by atoms with Gasteiger partial charge in [-0.1, -0.05) is 30.3 Å². The van der Waals surface area contributed by atoms with Crippen molar-refractivity contribution in [3.63, 3.8) is 0 Å². The monoisotopic (exact) mass is 423 g/mol. The van der Waals surface area contributed by atoms with Crippen molar-refractivity contribution in [1.82, 2.24) is 10.3 Å². The van der Waals surface area contributed by atoms with Crippen molar-refractivity contribution in [1.29, 1.82) is 0 Å². The summed E-state index contributed by atoms with van der Waals surface area (Å²) in [4.78, 5) is 20.9. The van der Waals surface area contributed by atoms with Gasteiger partial charge >= 0.3 is 6.18 Å². The summed E-state index contributed by atoms with van der Waals surface area (Å²) in [5, 5.41) is 6.41. The van der Waals surface area contributed by atoms with E-state index in [2.05, 4.69) is 15.5 Å². The SMILES string of the molecule is CCCC(=O)NCc1ccc(C2=NOC(c3cccc(F)c3)(C(F)(F)F)C2)nc1C. The quantitative estimate of drug-likeness (QED) is 0.695. The molecule has 1 N–H and O–H groups in total. The Labute approximate surface area is 171 Å². The lowest BCUT2D eigenvalue weighted by atomic mass is 9.87. The first-order chi connectivity index (χ1) is 14.2. The van der Waals surface area contributed by atoms with E-state index >= 15 is 0 Å². The smallest absolute Gasteiger partial charge is 0.374 e. The van der Waals surface area contributed by atoms with Crippen molar-refractivity contribution in [2.45, 2.75) is 51.4 Å². The van der Waals surface area contributed by atoms with Crippen LogP contribution < -0.4 is 5.32 Å². The molecule has 1 aliphatic rings. The van der Waals surface area contributed by atoms with E-state index in [1.54, 1.807) is 13.0 Å². The van der Waals surface area contributed by atoms with E-state index in [0.29, 0.717) is 12.1 Å². The molecule has 9 heteroatoms. The lowest BCUT2D eigenvalue weighted by molar-refractivity contribution is -0.275. The highest BCUT2D eigenvalue weighted by atomic mass is 19.4. The molecule has 2 aromatic rings. The van der Waals surface area contributed by atoms with Gasteiger partial charge in [0, 0.05) is 24.2 Å². The van der Waals surface area contributed by atoms with Crippen molar-refractivity contribution in [2.24, 2.45) is 5.16 Å². The number of hydrogen-bond donors (Lipinski definition) is 1. The molecule has 1 atom stereocenters. The number of carbonyl (C=O) groups excluding carboxylic acids is 1. The van der Waals surface area contributed by atoms with Gasteiger partial charge in [0.05, 0.1) is 12.1 Å². The number of oxime groups is 1. The maximum Gasteiger partial charge on any atom is 0.435 e. The Hall–Kier alpha value is -2.97. The normalized spacial score (nSPS) is 18.7. The fourth-order valence-electron chi connectivity index (χ4n) is 3.23. The van der Waals surface area contributed by atoms with Crippen LogP contribution in [0.2, 0.25) is 0 Å². The van der Waals surface area contributed by atoms with Crippen molar-refractivity contribution in [2.75, 3.05) is 0 Å². The molecule has 0 saturated heterocycles. The molecule has 1 aromatic carbocycles. The molecule has 0 spiro atoms. The van der Waals surface area contributed by atoms with Gasteiger partial charge in [0.15, 0.2) is 0 Å². The molecule has 1 aliphatic heterocycles. The zero-order valence-electron chi connectivity index (χ0n) is 16.5. The van der Waals surface area contributed by atoms with E-state index in [1.807, 2.05) is 6.92 Å². The minimum atomic E-state index is -4.81. The standard InChI is InChI=1S/C21H21F4N3O2/c1-3-5-19(29)26-12-14-8-9-17(27-13(14)2)18-11-20(30-28-18,21(23,24)25)15-6-4-7-16(22)10-15/h4,6-10H,3,5,11-12H2,1-2H3,(H,26,29). The van der Waals surface area contributed by atoms with Crippen molar-refractivity contribution in [3.05, 3.63) is 64.7 Å². The van der Waals surface area contributed by atoms with Crippen LogP contribution in [-0.2, 0) is 21.8 Å². The number of benzene rings is 1. The predicted molar refractivity (Wildman–Crippen MR) is 102 cm³/mol. The maximum atomic E-state index is 13.9. The van der Waals surface area contributed by atoms with Crippen LogP contribution >= 0.6 is 0 Å². The van der Waals surface area contributed by atoms with Gasteiger partial charge in [-0.05, 0) is 37.1 Å². The highest BCUT2D eigenvalue weighted by Gasteiger charge is 2.62. The molecule has 160 valence electrons. The number of rotatable bonds is 6. The summed E-state index contributed by atoms with van der Waals surface area (Å²) < 4.78 is 55.3. The van der Waals surface area contributed by atoms with Gasteiger partial charge in [-0.25, -0.2) is 4.39 Å². The fourth-order valence-corrected chi connectivity index (χ4v) is 3.23. The third-order valence-corrected chi connectivity index (χ3v) is 4.92. The van der Waals surface area contributed by atoms with E-state index in [4.69, 9.17) is 4.84 Å². The number of nitrogens with zero attached hydrogens (tertiary/aromatic N) is 2. The van der Waals surface area contributed by atoms with Crippen LogP contribution in [0, 0.1) is 12.7 Å². The molecule has 0 bridgehead atoms. The Balaban J connectivity index is 1.82. The molecular formula is C21H21F4N3O2. The topological polar surface area (TPSA) is 63.6 Å². The average molecular weight is 423 g/mol. The van der Waals surface area contributed by atoms with Gasteiger partial charge in [0.2, 0.25) is 5.91 Å². The third kappa shape index (κ3) is 4.29. The zero-order valence-corrected chi connectivity index (χ0v) is 16.5. The van der Waals surface area contributed by atoms with Crippen LogP contribution in [0.25, 0.3) is 0 Å². The van der Waals surface area contributed by atoms with Crippen LogP contribution in [0.5, 0.6) is 0 Å². The van der Waals surface area contributed by atoms with Crippen LogP contribution in [0.1, 0.15) is 48.7 Å². The Bertz CT molecular complexity index is 975. The Kier molecular flexibility index (Phi) is 6.09. The first kappa shape index (κ1) is 21.7. The second-order valence-corrected chi connectivity index (χ2v) is 7.11. The summed E-state index contributed by atoms with van der Waals surface area (Å²) in [5.74, 6) is -0.879. The summed E-state index contributed by atoms with van der Waals surface area (Å²) in [7, 11) is 0. The third-order valence-electron chi connectivity index (χ3n) is 4.92. The van der Waals surface area contributed by atoms with Gasteiger partial charge in [-0.15, -0.1) is 0 Å². The number of alkyl halides is 3. The molecule has 1 aromatic heterocycles. The molecule has 0 radical (unpaired) electrons. The molecule has 1 amide bonds. The average Bonchev–Trinajstić information content (AvgIpc) is 3.14. The van der Waals surface area contributed by atoms with Gasteiger partial charge in [0.1, 0.15) is 11.5 Å². The number of carbonyl (C=O) groups is 1. The van der Waals surface area contributed by atoms with Crippen LogP contribution in [0.4, 0.5) is 17.6 Å². The van der Waals surface area contributed by atoms with E-state index in [-0.39, 0.29) is 29.4 Å². The minimum Gasteiger partial charge on any atom is -0.374 e. The largest absolute Gasteiger partial charge is 0.435 e. The molecule has 2 heterocycles.